The summed E-state index contributed by atoms with van der Waals surface area (Å²) in [7, 11) is 0. The molecule has 0 fully saturated rings. The number of hydrogen-bond donors (Lipinski definition) is 2. The second-order valence-corrected chi connectivity index (χ2v) is 3.06. The summed E-state index contributed by atoms with van der Waals surface area (Å²) >= 11 is 0. The second-order valence-electron chi connectivity index (χ2n) is 3.06. The van der Waals surface area contributed by atoms with Crippen LogP contribution in [-0.2, 0) is 0 Å². The number of halogens is 2. The summed E-state index contributed by atoms with van der Waals surface area (Å²) in [6, 6.07) is 3.30. The third kappa shape index (κ3) is 2.08. The third-order valence-electron chi connectivity index (χ3n) is 2.08. The highest BCUT2D eigenvalue weighted by Crippen LogP contribution is 2.24. The maximum atomic E-state index is 13.1. The SMILES string of the molecule is CCC(O)C(O)c1c(F)cccc1F. The van der Waals surface area contributed by atoms with Gasteiger partial charge < -0.3 is 10.2 Å². The predicted molar refractivity (Wildman–Crippen MR) is 47.6 cm³/mol. The lowest BCUT2D eigenvalue weighted by atomic mass is 10.0. The van der Waals surface area contributed by atoms with E-state index in [1.807, 2.05) is 0 Å². The van der Waals surface area contributed by atoms with Gasteiger partial charge in [0.1, 0.15) is 17.7 Å². The van der Waals surface area contributed by atoms with Gasteiger partial charge in [-0.05, 0) is 18.6 Å². The molecule has 0 spiro atoms. The Morgan fingerprint density at radius 3 is 2.14 bits per heavy atom. The van der Waals surface area contributed by atoms with Gasteiger partial charge in [-0.1, -0.05) is 13.0 Å². The Bertz CT molecular complexity index is 295. The van der Waals surface area contributed by atoms with Crippen molar-refractivity contribution in [2.75, 3.05) is 0 Å². The molecule has 2 atom stereocenters. The van der Waals surface area contributed by atoms with E-state index >= 15 is 0 Å². The Balaban J connectivity index is 3.05. The number of rotatable bonds is 3. The lowest BCUT2D eigenvalue weighted by Gasteiger charge is -2.17. The van der Waals surface area contributed by atoms with Crippen molar-refractivity contribution >= 4 is 0 Å². The van der Waals surface area contributed by atoms with E-state index in [0.29, 0.717) is 0 Å². The van der Waals surface area contributed by atoms with Gasteiger partial charge in [0.25, 0.3) is 0 Å². The molecule has 78 valence electrons. The van der Waals surface area contributed by atoms with Gasteiger partial charge in [0, 0.05) is 0 Å². The minimum absolute atomic E-state index is 0.231. The van der Waals surface area contributed by atoms with E-state index in [-0.39, 0.29) is 6.42 Å². The molecule has 0 saturated carbocycles. The third-order valence-corrected chi connectivity index (χ3v) is 2.08. The minimum atomic E-state index is -1.51. The maximum absolute atomic E-state index is 13.1. The highest BCUT2D eigenvalue weighted by molar-refractivity contribution is 5.22. The second kappa shape index (κ2) is 4.48. The first-order chi connectivity index (χ1) is 6.57. The average molecular weight is 202 g/mol. The van der Waals surface area contributed by atoms with Crippen molar-refractivity contribution in [3.63, 3.8) is 0 Å². The zero-order chi connectivity index (χ0) is 10.7. The highest BCUT2D eigenvalue weighted by atomic mass is 19.1. The fourth-order valence-corrected chi connectivity index (χ4v) is 1.21. The summed E-state index contributed by atoms with van der Waals surface area (Å²) in [5.41, 5.74) is -0.471. The van der Waals surface area contributed by atoms with Crippen LogP contribution in [-0.4, -0.2) is 16.3 Å². The van der Waals surface area contributed by atoms with Crippen molar-refractivity contribution in [2.45, 2.75) is 25.6 Å². The number of benzene rings is 1. The molecule has 14 heavy (non-hydrogen) atoms. The van der Waals surface area contributed by atoms with Crippen LogP contribution in [0.3, 0.4) is 0 Å². The summed E-state index contributed by atoms with van der Waals surface area (Å²) in [4.78, 5) is 0. The zero-order valence-corrected chi connectivity index (χ0v) is 7.74. The monoisotopic (exact) mass is 202 g/mol. The van der Waals surface area contributed by atoms with Crippen molar-refractivity contribution in [2.24, 2.45) is 0 Å². The first-order valence-electron chi connectivity index (χ1n) is 4.38. The molecule has 2 N–H and O–H groups in total. The van der Waals surface area contributed by atoms with E-state index in [1.54, 1.807) is 6.92 Å². The topological polar surface area (TPSA) is 40.5 Å². The molecule has 2 unspecified atom stereocenters. The first kappa shape index (κ1) is 11.1. The molecule has 0 heterocycles. The van der Waals surface area contributed by atoms with Crippen LogP contribution < -0.4 is 0 Å². The maximum Gasteiger partial charge on any atom is 0.132 e. The van der Waals surface area contributed by atoms with E-state index in [4.69, 9.17) is 0 Å². The van der Waals surface area contributed by atoms with E-state index in [0.717, 1.165) is 12.1 Å². The van der Waals surface area contributed by atoms with Crippen LogP contribution in [0.5, 0.6) is 0 Å². The van der Waals surface area contributed by atoms with Gasteiger partial charge in [0.2, 0.25) is 0 Å². The van der Waals surface area contributed by atoms with Crippen LogP contribution in [0.25, 0.3) is 0 Å². The van der Waals surface area contributed by atoms with Crippen molar-refractivity contribution in [3.8, 4) is 0 Å². The Hall–Kier alpha value is -1.00. The summed E-state index contributed by atoms with van der Waals surface area (Å²) < 4.78 is 26.2. The first-order valence-corrected chi connectivity index (χ1v) is 4.38. The van der Waals surface area contributed by atoms with Crippen molar-refractivity contribution in [1.82, 2.24) is 0 Å². The molecular formula is C10H12F2O2. The normalized spacial score (nSPS) is 15.2. The van der Waals surface area contributed by atoms with Gasteiger partial charge in [0.05, 0.1) is 11.7 Å². The Kier molecular flexibility index (Phi) is 3.55. The molecule has 1 aromatic carbocycles. The smallest absolute Gasteiger partial charge is 0.132 e. The van der Waals surface area contributed by atoms with Crippen LogP contribution in [0.1, 0.15) is 25.0 Å². The number of hydrogen-bond acceptors (Lipinski definition) is 2. The minimum Gasteiger partial charge on any atom is -0.390 e. The van der Waals surface area contributed by atoms with Gasteiger partial charge >= 0.3 is 0 Å². The average Bonchev–Trinajstić information content (AvgIpc) is 2.16. The summed E-state index contributed by atoms with van der Waals surface area (Å²) in [5.74, 6) is -1.69. The van der Waals surface area contributed by atoms with Crippen LogP contribution in [0.15, 0.2) is 18.2 Å². The standard InChI is InChI=1S/C10H12F2O2/c1-2-8(13)10(14)9-6(11)4-3-5-7(9)12/h3-5,8,10,13-14H,2H2,1H3. The van der Waals surface area contributed by atoms with Gasteiger partial charge in [0.15, 0.2) is 0 Å². The fraction of sp³-hybridized carbons (Fsp3) is 0.400. The van der Waals surface area contributed by atoms with Crippen LogP contribution >= 0.6 is 0 Å². The highest BCUT2D eigenvalue weighted by Gasteiger charge is 2.23. The van der Waals surface area contributed by atoms with Gasteiger partial charge in [-0.25, -0.2) is 8.78 Å². The van der Waals surface area contributed by atoms with Gasteiger partial charge in [-0.2, -0.15) is 0 Å². The zero-order valence-electron chi connectivity index (χ0n) is 7.74. The van der Waals surface area contributed by atoms with Crippen molar-refractivity contribution < 1.29 is 19.0 Å². The Morgan fingerprint density at radius 2 is 1.71 bits per heavy atom. The van der Waals surface area contributed by atoms with Crippen LogP contribution in [0, 0.1) is 11.6 Å². The number of aliphatic hydroxyl groups is 2. The fourth-order valence-electron chi connectivity index (χ4n) is 1.21. The van der Waals surface area contributed by atoms with Gasteiger partial charge in [-0.15, -0.1) is 0 Å². The molecule has 0 amide bonds. The Labute approximate surface area is 80.8 Å². The van der Waals surface area contributed by atoms with E-state index in [2.05, 4.69) is 0 Å². The number of aliphatic hydroxyl groups excluding tert-OH is 2. The molecule has 0 saturated heterocycles. The van der Waals surface area contributed by atoms with Crippen molar-refractivity contribution in [3.05, 3.63) is 35.4 Å². The molecule has 4 heteroatoms. The summed E-state index contributed by atoms with van der Waals surface area (Å²) in [6.45, 7) is 1.62. The van der Waals surface area contributed by atoms with Gasteiger partial charge in [-0.3, -0.25) is 0 Å². The molecular weight excluding hydrogens is 190 g/mol. The molecule has 1 rings (SSSR count). The summed E-state index contributed by atoms with van der Waals surface area (Å²) in [5, 5.41) is 18.7. The molecule has 0 aromatic heterocycles. The molecule has 0 aliphatic carbocycles. The van der Waals surface area contributed by atoms with Crippen molar-refractivity contribution in [1.29, 1.82) is 0 Å². The van der Waals surface area contributed by atoms with E-state index < -0.39 is 29.4 Å². The summed E-state index contributed by atoms with van der Waals surface area (Å²) in [6.07, 6.45) is -2.43. The van der Waals surface area contributed by atoms with Crippen LogP contribution in [0.4, 0.5) is 8.78 Å². The molecule has 1 aromatic rings. The molecule has 0 aliphatic heterocycles. The lowest BCUT2D eigenvalue weighted by Crippen LogP contribution is -2.19. The molecule has 0 bridgehead atoms. The lowest BCUT2D eigenvalue weighted by molar-refractivity contribution is 0.0122. The largest absolute Gasteiger partial charge is 0.390 e. The predicted octanol–water partition coefficient (Wildman–Crippen LogP) is 1.77. The molecule has 2 nitrogen and oxygen atoms in total. The van der Waals surface area contributed by atoms with E-state index in [1.165, 1.54) is 6.07 Å². The van der Waals surface area contributed by atoms with Crippen LogP contribution in [0.2, 0.25) is 0 Å². The van der Waals surface area contributed by atoms with E-state index in [9.17, 15) is 19.0 Å². The molecule has 0 aliphatic rings. The Morgan fingerprint density at radius 1 is 1.21 bits per heavy atom. The quantitative estimate of drug-likeness (QED) is 0.784. The molecule has 0 radical (unpaired) electrons.